The van der Waals surface area contributed by atoms with Crippen LogP contribution in [0, 0.1) is 13.8 Å². The SMILES string of the molecule is Cc1nc2ccc(C(=O)NCCc3nnc4n3CCCCC4)cc2nc1C. The molecule has 1 amide bonds. The van der Waals surface area contributed by atoms with Gasteiger partial charge in [-0.1, -0.05) is 6.42 Å². The van der Waals surface area contributed by atoms with E-state index in [4.69, 9.17) is 0 Å². The molecule has 0 bridgehead atoms. The van der Waals surface area contributed by atoms with Gasteiger partial charge >= 0.3 is 0 Å². The number of aryl methyl sites for hydroxylation is 3. The van der Waals surface area contributed by atoms with Crippen LogP contribution >= 0.6 is 0 Å². The van der Waals surface area contributed by atoms with E-state index in [9.17, 15) is 4.79 Å². The molecule has 0 unspecified atom stereocenters. The molecule has 0 radical (unpaired) electrons. The van der Waals surface area contributed by atoms with Crippen molar-refractivity contribution < 1.29 is 4.79 Å². The Morgan fingerprint density at radius 2 is 1.89 bits per heavy atom. The zero-order chi connectivity index (χ0) is 18.8. The summed E-state index contributed by atoms with van der Waals surface area (Å²) in [5.74, 6) is 1.93. The molecule has 7 nitrogen and oxygen atoms in total. The van der Waals surface area contributed by atoms with Gasteiger partial charge in [-0.05, 0) is 44.9 Å². The van der Waals surface area contributed by atoms with Crippen LogP contribution in [0.15, 0.2) is 18.2 Å². The number of hydrogen-bond donors (Lipinski definition) is 1. The van der Waals surface area contributed by atoms with Crippen molar-refractivity contribution in [2.24, 2.45) is 0 Å². The fourth-order valence-electron chi connectivity index (χ4n) is 3.49. The number of amides is 1. The first-order valence-electron chi connectivity index (χ1n) is 9.56. The number of nitrogens with one attached hydrogen (secondary N) is 1. The first-order valence-corrected chi connectivity index (χ1v) is 9.56. The minimum Gasteiger partial charge on any atom is -0.352 e. The Morgan fingerprint density at radius 3 is 2.74 bits per heavy atom. The zero-order valence-corrected chi connectivity index (χ0v) is 15.8. The van der Waals surface area contributed by atoms with Crippen molar-refractivity contribution in [3.05, 3.63) is 46.8 Å². The lowest BCUT2D eigenvalue weighted by molar-refractivity contribution is 0.0954. The molecule has 0 aliphatic carbocycles. The highest BCUT2D eigenvalue weighted by molar-refractivity contribution is 5.97. The predicted octanol–water partition coefficient (Wildman–Crippen LogP) is 2.54. The van der Waals surface area contributed by atoms with E-state index in [0.717, 1.165) is 47.0 Å². The Morgan fingerprint density at radius 1 is 1.07 bits per heavy atom. The van der Waals surface area contributed by atoms with Gasteiger partial charge in [-0.15, -0.1) is 10.2 Å². The standard InChI is InChI=1S/C20H24N6O/c1-13-14(2)23-17-12-15(7-8-16(17)22-13)20(27)21-10-9-19-25-24-18-6-4-3-5-11-26(18)19/h7-8,12H,3-6,9-11H2,1-2H3,(H,21,27). The number of carbonyl (C=O) groups is 1. The molecule has 0 fully saturated rings. The Labute approximate surface area is 158 Å². The molecule has 0 atom stereocenters. The fraction of sp³-hybridized carbons (Fsp3) is 0.450. The molecule has 0 saturated carbocycles. The molecule has 2 aromatic heterocycles. The highest BCUT2D eigenvalue weighted by atomic mass is 16.1. The summed E-state index contributed by atoms with van der Waals surface area (Å²) in [6.07, 6.45) is 5.27. The summed E-state index contributed by atoms with van der Waals surface area (Å²) in [6, 6.07) is 5.44. The molecular weight excluding hydrogens is 340 g/mol. The molecule has 27 heavy (non-hydrogen) atoms. The minimum absolute atomic E-state index is 0.104. The normalized spacial score (nSPS) is 14.0. The van der Waals surface area contributed by atoms with Crippen LogP contribution in [-0.2, 0) is 19.4 Å². The minimum atomic E-state index is -0.104. The van der Waals surface area contributed by atoms with E-state index >= 15 is 0 Å². The number of benzene rings is 1. The summed E-state index contributed by atoms with van der Waals surface area (Å²) in [7, 11) is 0. The smallest absolute Gasteiger partial charge is 0.251 e. The third-order valence-electron chi connectivity index (χ3n) is 5.16. The number of rotatable bonds is 4. The van der Waals surface area contributed by atoms with Crippen molar-refractivity contribution in [2.75, 3.05) is 6.54 Å². The molecule has 7 heteroatoms. The molecule has 0 saturated heterocycles. The number of fused-ring (bicyclic) bond motifs is 2. The van der Waals surface area contributed by atoms with Crippen molar-refractivity contribution in [3.8, 4) is 0 Å². The Balaban J connectivity index is 1.42. The summed E-state index contributed by atoms with van der Waals surface area (Å²) in [5, 5.41) is 11.6. The molecule has 1 aliphatic rings. The van der Waals surface area contributed by atoms with Crippen LogP contribution in [0.2, 0.25) is 0 Å². The van der Waals surface area contributed by atoms with Gasteiger partial charge in [0.1, 0.15) is 11.6 Å². The van der Waals surface area contributed by atoms with Crippen molar-refractivity contribution in [1.29, 1.82) is 0 Å². The molecule has 4 rings (SSSR count). The van der Waals surface area contributed by atoms with Crippen LogP contribution in [0.3, 0.4) is 0 Å². The van der Waals surface area contributed by atoms with E-state index in [2.05, 4.69) is 30.0 Å². The Hall–Kier alpha value is -2.83. The lowest BCUT2D eigenvalue weighted by Crippen LogP contribution is -2.26. The molecule has 0 spiro atoms. The van der Waals surface area contributed by atoms with Crippen LogP contribution in [0.4, 0.5) is 0 Å². The van der Waals surface area contributed by atoms with Gasteiger partial charge in [0.15, 0.2) is 0 Å². The topological polar surface area (TPSA) is 85.6 Å². The quantitative estimate of drug-likeness (QED) is 0.769. The molecule has 1 aliphatic heterocycles. The number of nitrogens with zero attached hydrogens (tertiary/aromatic N) is 5. The predicted molar refractivity (Wildman–Crippen MR) is 103 cm³/mol. The summed E-state index contributed by atoms with van der Waals surface area (Å²) in [5.41, 5.74) is 3.94. The molecule has 3 heterocycles. The maximum absolute atomic E-state index is 12.5. The van der Waals surface area contributed by atoms with E-state index in [0.29, 0.717) is 18.5 Å². The maximum Gasteiger partial charge on any atom is 0.251 e. The van der Waals surface area contributed by atoms with Crippen LogP contribution in [0.5, 0.6) is 0 Å². The van der Waals surface area contributed by atoms with Gasteiger partial charge in [-0.3, -0.25) is 4.79 Å². The Kier molecular flexibility index (Phi) is 4.83. The number of carbonyl (C=O) groups excluding carboxylic acids is 1. The van der Waals surface area contributed by atoms with Gasteiger partial charge < -0.3 is 9.88 Å². The van der Waals surface area contributed by atoms with E-state index < -0.39 is 0 Å². The van der Waals surface area contributed by atoms with Gasteiger partial charge in [-0.25, -0.2) is 9.97 Å². The molecule has 140 valence electrons. The molecular formula is C20H24N6O. The first-order chi connectivity index (χ1) is 13.1. The van der Waals surface area contributed by atoms with Crippen molar-refractivity contribution in [3.63, 3.8) is 0 Å². The summed E-state index contributed by atoms with van der Waals surface area (Å²) in [6.45, 7) is 5.38. The zero-order valence-electron chi connectivity index (χ0n) is 15.8. The van der Waals surface area contributed by atoms with Gasteiger partial charge in [-0.2, -0.15) is 0 Å². The first kappa shape index (κ1) is 17.6. The second-order valence-electron chi connectivity index (χ2n) is 7.10. The fourth-order valence-corrected chi connectivity index (χ4v) is 3.49. The lowest BCUT2D eigenvalue weighted by atomic mass is 10.1. The van der Waals surface area contributed by atoms with Gasteiger partial charge in [0.25, 0.3) is 5.91 Å². The largest absolute Gasteiger partial charge is 0.352 e. The van der Waals surface area contributed by atoms with E-state index in [1.807, 2.05) is 19.9 Å². The van der Waals surface area contributed by atoms with Crippen LogP contribution in [0.25, 0.3) is 11.0 Å². The van der Waals surface area contributed by atoms with Gasteiger partial charge in [0.2, 0.25) is 0 Å². The number of aromatic nitrogens is 5. The average Bonchev–Trinajstić information content (AvgIpc) is 2.88. The molecule has 3 aromatic rings. The van der Waals surface area contributed by atoms with Crippen molar-refractivity contribution in [2.45, 2.75) is 52.5 Å². The highest BCUT2D eigenvalue weighted by Crippen LogP contribution is 2.16. The Bertz CT molecular complexity index is 994. The summed E-state index contributed by atoms with van der Waals surface area (Å²) in [4.78, 5) is 21.6. The molecule has 1 aromatic carbocycles. The summed E-state index contributed by atoms with van der Waals surface area (Å²) >= 11 is 0. The van der Waals surface area contributed by atoms with Gasteiger partial charge in [0.05, 0.1) is 22.4 Å². The maximum atomic E-state index is 12.5. The molecule has 1 N–H and O–H groups in total. The van der Waals surface area contributed by atoms with Crippen molar-refractivity contribution >= 4 is 16.9 Å². The van der Waals surface area contributed by atoms with Crippen LogP contribution in [-0.4, -0.2) is 37.2 Å². The third-order valence-corrected chi connectivity index (χ3v) is 5.16. The van der Waals surface area contributed by atoms with Gasteiger partial charge in [0, 0.05) is 31.5 Å². The highest BCUT2D eigenvalue weighted by Gasteiger charge is 2.15. The monoisotopic (exact) mass is 364 g/mol. The second kappa shape index (κ2) is 7.42. The second-order valence-corrected chi connectivity index (χ2v) is 7.10. The van der Waals surface area contributed by atoms with E-state index in [-0.39, 0.29) is 5.91 Å². The van der Waals surface area contributed by atoms with Crippen LogP contribution < -0.4 is 5.32 Å². The number of hydrogen-bond acceptors (Lipinski definition) is 5. The van der Waals surface area contributed by atoms with E-state index in [1.165, 1.54) is 19.3 Å². The summed E-state index contributed by atoms with van der Waals surface area (Å²) < 4.78 is 2.22. The van der Waals surface area contributed by atoms with Crippen molar-refractivity contribution in [1.82, 2.24) is 30.0 Å². The average molecular weight is 364 g/mol. The van der Waals surface area contributed by atoms with E-state index in [1.54, 1.807) is 12.1 Å². The lowest BCUT2D eigenvalue weighted by Gasteiger charge is -2.09. The third kappa shape index (κ3) is 3.67. The van der Waals surface area contributed by atoms with Crippen LogP contribution in [0.1, 0.15) is 52.7 Å².